The van der Waals surface area contributed by atoms with Gasteiger partial charge in [0.05, 0.1) is 0 Å². The summed E-state index contributed by atoms with van der Waals surface area (Å²) in [5.74, 6) is 0.242. The van der Waals surface area contributed by atoms with E-state index in [0.29, 0.717) is 0 Å². The third kappa shape index (κ3) is 3.80. The number of nitrogens with zero attached hydrogens (tertiary/aromatic N) is 3. The zero-order valence-corrected chi connectivity index (χ0v) is 10.9. The van der Waals surface area contributed by atoms with E-state index in [4.69, 9.17) is 4.74 Å². The summed E-state index contributed by atoms with van der Waals surface area (Å²) in [5.41, 5.74) is 0.929. The van der Waals surface area contributed by atoms with E-state index in [-0.39, 0.29) is 18.6 Å². The van der Waals surface area contributed by atoms with Crippen molar-refractivity contribution >= 4 is 12.0 Å². The number of ether oxygens (including phenoxy) is 1. The number of benzene rings is 1. The number of nitrogens with one attached hydrogen (secondary N) is 1. The highest BCUT2D eigenvalue weighted by atomic mass is 16.5. The van der Waals surface area contributed by atoms with Crippen LogP contribution in [0.1, 0.15) is 25.5 Å². The lowest BCUT2D eigenvalue weighted by atomic mass is 10.2. The summed E-state index contributed by atoms with van der Waals surface area (Å²) in [6.45, 7) is 4.18. The van der Waals surface area contributed by atoms with Crippen LogP contribution < -0.4 is 5.32 Å². The molecule has 1 amide bonds. The summed E-state index contributed by atoms with van der Waals surface area (Å²) in [6.07, 6.45) is 1.00. The molecule has 0 spiro atoms. The Morgan fingerprint density at radius 2 is 2.11 bits per heavy atom. The van der Waals surface area contributed by atoms with Gasteiger partial charge in [0.15, 0.2) is 0 Å². The molecule has 2 aromatic rings. The summed E-state index contributed by atoms with van der Waals surface area (Å²) in [7, 11) is 0. The minimum absolute atomic E-state index is 0.198. The Morgan fingerprint density at radius 3 is 2.74 bits per heavy atom. The van der Waals surface area contributed by atoms with Gasteiger partial charge in [-0.2, -0.15) is 0 Å². The topological polar surface area (TPSA) is 69.0 Å². The van der Waals surface area contributed by atoms with Crippen molar-refractivity contribution in [3.63, 3.8) is 0 Å². The highest BCUT2D eigenvalue weighted by molar-refractivity contribution is 5.82. The number of amides is 1. The van der Waals surface area contributed by atoms with Crippen LogP contribution in [0.5, 0.6) is 0 Å². The Labute approximate surface area is 111 Å². The summed E-state index contributed by atoms with van der Waals surface area (Å²) < 4.78 is 6.72. The third-order valence-corrected chi connectivity index (χ3v) is 2.46. The fourth-order valence-electron chi connectivity index (χ4n) is 1.43. The molecule has 0 fully saturated rings. The highest BCUT2D eigenvalue weighted by Crippen LogP contribution is 2.05. The number of carbonyl (C=O) groups is 1. The lowest BCUT2D eigenvalue weighted by molar-refractivity contribution is 0.155. The molecular formula is C13H16N4O2. The Balaban J connectivity index is 1.84. The average molecular weight is 260 g/mol. The van der Waals surface area contributed by atoms with E-state index < -0.39 is 6.09 Å². The molecule has 0 saturated carbocycles. The molecule has 1 N–H and O–H groups in total. The van der Waals surface area contributed by atoms with Gasteiger partial charge >= 0.3 is 6.09 Å². The van der Waals surface area contributed by atoms with Gasteiger partial charge in [0.25, 0.3) is 5.95 Å². The molecule has 0 unspecified atom stereocenters. The molecule has 6 heteroatoms. The molecule has 0 bridgehead atoms. The van der Waals surface area contributed by atoms with Gasteiger partial charge in [0.2, 0.25) is 0 Å². The van der Waals surface area contributed by atoms with Crippen molar-refractivity contribution in [1.29, 1.82) is 0 Å². The first-order valence-electron chi connectivity index (χ1n) is 6.04. The maximum Gasteiger partial charge on any atom is 0.414 e. The normalized spacial score (nSPS) is 10.5. The highest BCUT2D eigenvalue weighted by Gasteiger charge is 2.08. The van der Waals surface area contributed by atoms with Crippen LogP contribution in [0.3, 0.4) is 0 Å². The molecule has 1 heterocycles. The first-order valence-corrected chi connectivity index (χ1v) is 6.04. The molecule has 6 nitrogen and oxygen atoms in total. The van der Waals surface area contributed by atoms with E-state index in [1.54, 1.807) is 11.0 Å². The summed E-state index contributed by atoms with van der Waals surface area (Å²) >= 11 is 0. The van der Waals surface area contributed by atoms with Gasteiger partial charge in [-0.05, 0) is 19.4 Å². The predicted octanol–water partition coefficient (Wildman–Crippen LogP) is 2.61. The molecule has 2 rings (SSSR count). The van der Waals surface area contributed by atoms with Crippen LogP contribution in [0.15, 0.2) is 36.7 Å². The largest absolute Gasteiger partial charge is 0.444 e. The average Bonchev–Trinajstić information content (AvgIpc) is 2.86. The van der Waals surface area contributed by atoms with Crippen molar-refractivity contribution in [2.45, 2.75) is 26.5 Å². The van der Waals surface area contributed by atoms with E-state index in [1.807, 2.05) is 44.2 Å². The van der Waals surface area contributed by atoms with Crippen LogP contribution in [0, 0.1) is 0 Å². The van der Waals surface area contributed by atoms with Gasteiger partial charge in [0.1, 0.15) is 12.9 Å². The van der Waals surface area contributed by atoms with E-state index in [2.05, 4.69) is 15.4 Å². The van der Waals surface area contributed by atoms with Gasteiger partial charge in [-0.15, -0.1) is 5.10 Å². The van der Waals surface area contributed by atoms with Crippen LogP contribution in [0.25, 0.3) is 0 Å². The van der Waals surface area contributed by atoms with Crippen molar-refractivity contribution < 1.29 is 9.53 Å². The van der Waals surface area contributed by atoms with Gasteiger partial charge in [-0.3, -0.25) is 5.32 Å². The first kappa shape index (κ1) is 13.1. The fraction of sp³-hybridized carbons (Fsp3) is 0.308. The molecule has 0 aliphatic carbocycles. The van der Waals surface area contributed by atoms with Gasteiger partial charge in [-0.25, -0.2) is 14.5 Å². The molecule has 1 aromatic carbocycles. The third-order valence-electron chi connectivity index (χ3n) is 2.46. The first-order chi connectivity index (χ1) is 9.15. The molecule has 19 heavy (non-hydrogen) atoms. The smallest absolute Gasteiger partial charge is 0.414 e. The minimum atomic E-state index is -0.564. The Kier molecular flexibility index (Phi) is 4.12. The maximum absolute atomic E-state index is 11.5. The second-order valence-electron chi connectivity index (χ2n) is 4.33. The quantitative estimate of drug-likeness (QED) is 0.917. The lowest BCUT2D eigenvalue weighted by Crippen LogP contribution is -2.15. The van der Waals surface area contributed by atoms with Crippen LogP contribution in [-0.2, 0) is 11.3 Å². The monoisotopic (exact) mass is 260 g/mol. The number of carbonyl (C=O) groups excluding carboxylic acids is 1. The second kappa shape index (κ2) is 5.99. The Hall–Kier alpha value is -2.37. The maximum atomic E-state index is 11.5. The van der Waals surface area contributed by atoms with Crippen LogP contribution >= 0.6 is 0 Å². The standard InChI is InChI=1S/C13H16N4O2/c1-10(2)17-9-14-12(16-17)15-13(18)19-8-11-6-4-3-5-7-11/h3-7,9-10H,8H2,1-2H3,(H,15,16,18). The van der Waals surface area contributed by atoms with Gasteiger partial charge < -0.3 is 4.74 Å². The zero-order chi connectivity index (χ0) is 13.7. The van der Waals surface area contributed by atoms with Crippen molar-refractivity contribution in [1.82, 2.24) is 14.8 Å². The van der Waals surface area contributed by atoms with Gasteiger partial charge in [0, 0.05) is 6.04 Å². The molecule has 0 radical (unpaired) electrons. The molecule has 1 aromatic heterocycles. The van der Waals surface area contributed by atoms with Crippen molar-refractivity contribution in [3.05, 3.63) is 42.2 Å². The molecule has 100 valence electrons. The van der Waals surface area contributed by atoms with Gasteiger partial charge in [-0.1, -0.05) is 30.3 Å². The van der Waals surface area contributed by atoms with Crippen molar-refractivity contribution in [2.24, 2.45) is 0 Å². The summed E-state index contributed by atoms with van der Waals surface area (Å²) in [6, 6.07) is 9.66. The Morgan fingerprint density at radius 1 is 1.37 bits per heavy atom. The molecule has 0 saturated heterocycles. The Bertz CT molecular complexity index is 537. The van der Waals surface area contributed by atoms with E-state index in [9.17, 15) is 4.79 Å². The molecule has 0 aliphatic heterocycles. The van der Waals surface area contributed by atoms with Crippen LogP contribution in [0.4, 0.5) is 10.7 Å². The molecular weight excluding hydrogens is 244 g/mol. The molecule has 0 aliphatic rings. The number of hydrogen-bond donors (Lipinski definition) is 1. The number of rotatable bonds is 4. The van der Waals surface area contributed by atoms with Crippen molar-refractivity contribution in [3.8, 4) is 0 Å². The number of aromatic nitrogens is 3. The van der Waals surface area contributed by atoms with E-state index in [1.165, 1.54) is 0 Å². The minimum Gasteiger partial charge on any atom is -0.444 e. The lowest BCUT2D eigenvalue weighted by Gasteiger charge is -2.05. The van der Waals surface area contributed by atoms with E-state index in [0.717, 1.165) is 5.56 Å². The van der Waals surface area contributed by atoms with Crippen LogP contribution in [0.2, 0.25) is 0 Å². The fourth-order valence-corrected chi connectivity index (χ4v) is 1.43. The predicted molar refractivity (Wildman–Crippen MR) is 70.7 cm³/mol. The number of anilines is 1. The summed E-state index contributed by atoms with van der Waals surface area (Å²) in [5, 5.41) is 6.58. The summed E-state index contributed by atoms with van der Waals surface area (Å²) in [4.78, 5) is 15.5. The van der Waals surface area contributed by atoms with E-state index >= 15 is 0 Å². The van der Waals surface area contributed by atoms with Crippen LogP contribution in [-0.4, -0.2) is 20.9 Å². The van der Waals surface area contributed by atoms with Crippen molar-refractivity contribution in [2.75, 3.05) is 5.32 Å². The number of hydrogen-bond acceptors (Lipinski definition) is 4. The second-order valence-corrected chi connectivity index (χ2v) is 4.33. The SMILES string of the molecule is CC(C)n1cnc(NC(=O)OCc2ccccc2)n1. The zero-order valence-electron chi connectivity index (χ0n) is 10.9. The molecule has 0 atom stereocenters.